The zero-order valence-corrected chi connectivity index (χ0v) is 12.5. The van der Waals surface area contributed by atoms with E-state index in [1.807, 2.05) is 0 Å². The molecule has 1 amide bonds. The molecule has 0 aliphatic carbocycles. The number of halogens is 1. The van der Waals surface area contributed by atoms with E-state index in [1.165, 1.54) is 16.3 Å². The molecule has 0 unspecified atom stereocenters. The van der Waals surface area contributed by atoms with Gasteiger partial charge in [0.15, 0.2) is 0 Å². The minimum atomic E-state index is -3.72. The van der Waals surface area contributed by atoms with Crippen LogP contribution in [0.25, 0.3) is 0 Å². The third-order valence-electron chi connectivity index (χ3n) is 2.15. The van der Waals surface area contributed by atoms with Gasteiger partial charge in [-0.15, -0.1) is 23.7 Å². The number of primary sulfonamides is 1. The Kier molecular flexibility index (Phi) is 6.79. The lowest BCUT2D eigenvalue weighted by molar-refractivity contribution is 0.0797. The van der Waals surface area contributed by atoms with E-state index in [0.29, 0.717) is 18.7 Å². The van der Waals surface area contributed by atoms with Crippen molar-refractivity contribution in [2.45, 2.75) is 4.21 Å². The van der Waals surface area contributed by atoms with Gasteiger partial charge >= 0.3 is 0 Å². The molecule has 0 bridgehead atoms. The van der Waals surface area contributed by atoms with Gasteiger partial charge in [-0.05, 0) is 13.1 Å². The summed E-state index contributed by atoms with van der Waals surface area (Å²) in [6, 6.07) is 1.30. The number of likely N-dealkylation sites (N-methyl/N-ethyl adjacent to an activating group) is 2. The lowest BCUT2D eigenvalue weighted by Gasteiger charge is -2.15. The van der Waals surface area contributed by atoms with Crippen LogP contribution in [-0.2, 0) is 10.0 Å². The molecular weight excluding hydrogens is 298 g/mol. The smallest absolute Gasteiger partial charge is 0.254 e. The summed E-state index contributed by atoms with van der Waals surface area (Å²) in [5.74, 6) is -0.216. The van der Waals surface area contributed by atoms with E-state index in [0.717, 1.165) is 11.3 Å². The van der Waals surface area contributed by atoms with E-state index in [9.17, 15) is 13.2 Å². The van der Waals surface area contributed by atoms with Crippen molar-refractivity contribution in [3.8, 4) is 0 Å². The Labute approximate surface area is 117 Å². The van der Waals surface area contributed by atoms with E-state index < -0.39 is 10.0 Å². The van der Waals surface area contributed by atoms with Crippen molar-refractivity contribution in [3.63, 3.8) is 0 Å². The normalized spacial score (nSPS) is 10.8. The van der Waals surface area contributed by atoms with Crippen molar-refractivity contribution in [1.29, 1.82) is 0 Å². The minimum absolute atomic E-state index is 0. The van der Waals surface area contributed by atoms with Crippen LogP contribution in [-0.4, -0.2) is 46.4 Å². The predicted molar refractivity (Wildman–Crippen MR) is 73.8 cm³/mol. The molecule has 0 aliphatic heterocycles. The molecular formula is C9H16ClN3O3S2. The van der Waals surface area contributed by atoms with Crippen molar-refractivity contribution in [2.75, 3.05) is 27.2 Å². The predicted octanol–water partition coefficient (Wildman–Crippen LogP) is 0.109. The molecule has 9 heteroatoms. The van der Waals surface area contributed by atoms with Crippen LogP contribution in [0.3, 0.4) is 0 Å². The number of nitrogens with two attached hydrogens (primary N) is 1. The lowest BCUT2D eigenvalue weighted by atomic mass is 10.3. The number of hydrogen-bond acceptors (Lipinski definition) is 5. The Morgan fingerprint density at radius 1 is 1.56 bits per heavy atom. The summed E-state index contributed by atoms with van der Waals surface area (Å²) in [5, 5.41) is 9.40. The first-order valence-corrected chi connectivity index (χ1v) is 7.30. The quantitative estimate of drug-likeness (QED) is 0.807. The van der Waals surface area contributed by atoms with Crippen LogP contribution in [0.5, 0.6) is 0 Å². The number of nitrogens with zero attached hydrogens (tertiary/aromatic N) is 1. The van der Waals surface area contributed by atoms with E-state index in [-0.39, 0.29) is 22.5 Å². The van der Waals surface area contributed by atoms with Gasteiger partial charge in [0, 0.05) is 25.5 Å². The van der Waals surface area contributed by atoms with Crippen LogP contribution >= 0.6 is 23.7 Å². The number of rotatable bonds is 5. The van der Waals surface area contributed by atoms with Crippen molar-refractivity contribution < 1.29 is 13.2 Å². The molecule has 1 aromatic rings. The van der Waals surface area contributed by atoms with Crippen molar-refractivity contribution >= 4 is 39.7 Å². The largest absolute Gasteiger partial charge is 0.340 e. The molecule has 104 valence electrons. The number of carbonyl (C=O) groups excluding carboxylic acids is 1. The van der Waals surface area contributed by atoms with Crippen LogP contribution in [0.15, 0.2) is 15.7 Å². The number of nitrogens with one attached hydrogen (secondary N) is 1. The van der Waals surface area contributed by atoms with Gasteiger partial charge in [0.25, 0.3) is 5.91 Å². The monoisotopic (exact) mass is 313 g/mol. The Hall–Kier alpha value is -0.670. The topological polar surface area (TPSA) is 92.5 Å². The lowest BCUT2D eigenvalue weighted by Crippen LogP contribution is -2.32. The Morgan fingerprint density at radius 2 is 2.17 bits per heavy atom. The molecule has 0 radical (unpaired) electrons. The van der Waals surface area contributed by atoms with E-state index in [2.05, 4.69) is 5.32 Å². The second-order valence-corrected chi connectivity index (χ2v) is 6.23. The fourth-order valence-electron chi connectivity index (χ4n) is 1.18. The molecule has 0 atom stereocenters. The highest BCUT2D eigenvalue weighted by Gasteiger charge is 2.17. The standard InChI is InChI=1S/C9H15N3O3S2.ClH/c1-11-3-4-12(2)9(13)7-5-8(16-6-7)17(10,14)15;/h5-6,11H,3-4H2,1-2H3,(H2,10,14,15);1H. The summed E-state index contributed by atoms with van der Waals surface area (Å²) >= 11 is 0.950. The molecule has 1 aromatic heterocycles. The van der Waals surface area contributed by atoms with E-state index in [1.54, 1.807) is 14.1 Å². The summed E-state index contributed by atoms with van der Waals surface area (Å²) in [6.45, 7) is 1.23. The number of carbonyl (C=O) groups is 1. The number of sulfonamides is 1. The third-order valence-corrected chi connectivity index (χ3v) is 4.53. The first-order chi connectivity index (χ1) is 7.86. The number of amides is 1. The first-order valence-electron chi connectivity index (χ1n) is 4.87. The van der Waals surface area contributed by atoms with Gasteiger partial charge < -0.3 is 10.2 Å². The van der Waals surface area contributed by atoms with Crippen molar-refractivity contribution in [1.82, 2.24) is 10.2 Å². The zero-order chi connectivity index (χ0) is 13.1. The maximum absolute atomic E-state index is 11.9. The van der Waals surface area contributed by atoms with Crippen LogP contribution in [0.2, 0.25) is 0 Å². The van der Waals surface area contributed by atoms with Crippen molar-refractivity contribution in [3.05, 3.63) is 17.0 Å². The third kappa shape index (κ3) is 4.54. The fourth-order valence-corrected chi connectivity index (χ4v) is 2.76. The molecule has 1 heterocycles. The molecule has 0 spiro atoms. The Bertz CT molecular complexity index is 501. The van der Waals surface area contributed by atoms with Gasteiger partial charge in [-0.2, -0.15) is 0 Å². The molecule has 6 nitrogen and oxygen atoms in total. The summed E-state index contributed by atoms with van der Waals surface area (Å²) < 4.78 is 22.1. The van der Waals surface area contributed by atoms with Crippen LogP contribution in [0.4, 0.5) is 0 Å². The van der Waals surface area contributed by atoms with E-state index in [4.69, 9.17) is 5.14 Å². The zero-order valence-electron chi connectivity index (χ0n) is 10.0. The molecule has 0 fully saturated rings. The van der Waals surface area contributed by atoms with Gasteiger partial charge in [-0.1, -0.05) is 0 Å². The average Bonchev–Trinajstić information content (AvgIpc) is 2.73. The van der Waals surface area contributed by atoms with Crippen LogP contribution in [0, 0.1) is 0 Å². The Morgan fingerprint density at radius 3 is 2.61 bits per heavy atom. The molecule has 0 saturated carbocycles. The number of thiophene rings is 1. The summed E-state index contributed by atoms with van der Waals surface area (Å²) in [5.41, 5.74) is 0.345. The molecule has 0 aliphatic rings. The van der Waals surface area contributed by atoms with Crippen LogP contribution in [0.1, 0.15) is 10.4 Å². The minimum Gasteiger partial charge on any atom is -0.340 e. The highest BCUT2D eigenvalue weighted by Crippen LogP contribution is 2.19. The van der Waals surface area contributed by atoms with Gasteiger partial charge in [0.05, 0.1) is 5.56 Å². The van der Waals surface area contributed by atoms with Crippen molar-refractivity contribution in [2.24, 2.45) is 5.14 Å². The maximum Gasteiger partial charge on any atom is 0.254 e. The van der Waals surface area contributed by atoms with Gasteiger partial charge in [0.2, 0.25) is 10.0 Å². The second-order valence-electron chi connectivity index (χ2n) is 3.53. The van der Waals surface area contributed by atoms with Crippen LogP contribution < -0.4 is 10.5 Å². The molecule has 18 heavy (non-hydrogen) atoms. The summed E-state index contributed by atoms with van der Waals surface area (Å²) in [6.07, 6.45) is 0. The summed E-state index contributed by atoms with van der Waals surface area (Å²) in [7, 11) is -0.268. The summed E-state index contributed by atoms with van der Waals surface area (Å²) in [4.78, 5) is 13.4. The highest BCUT2D eigenvalue weighted by molar-refractivity contribution is 7.91. The van der Waals surface area contributed by atoms with Gasteiger partial charge in [0.1, 0.15) is 4.21 Å². The van der Waals surface area contributed by atoms with Gasteiger partial charge in [-0.25, -0.2) is 13.6 Å². The van der Waals surface area contributed by atoms with Gasteiger partial charge in [-0.3, -0.25) is 4.79 Å². The fraction of sp³-hybridized carbons (Fsp3) is 0.444. The molecule has 0 saturated heterocycles. The molecule has 0 aromatic carbocycles. The number of hydrogen-bond donors (Lipinski definition) is 2. The Balaban J connectivity index is 0.00000289. The second kappa shape index (κ2) is 7.05. The first kappa shape index (κ1) is 17.3. The molecule has 1 rings (SSSR count). The average molecular weight is 314 g/mol. The highest BCUT2D eigenvalue weighted by atomic mass is 35.5. The maximum atomic E-state index is 11.9. The molecule has 3 N–H and O–H groups in total. The SMILES string of the molecule is CNCCN(C)C(=O)c1csc(S(N)(=O)=O)c1.Cl. The van der Waals surface area contributed by atoms with E-state index >= 15 is 0 Å².